The number of aliphatic hydroxyl groups excluding tert-OH is 1. The van der Waals surface area contributed by atoms with E-state index in [-0.39, 0.29) is 5.78 Å². The summed E-state index contributed by atoms with van der Waals surface area (Å²) in [7, 11) is 0. The topological polar surface area (TPSA) is 51.0 Å². The molecule has 1 fully saturated rings. The minimum atomic E-state index is -0.446. The first-order chi connectivity index (χ1) is 10.0. The average molecular weight is 292 g/mol. The fourth-order valence-electron chi connectivity index (χ4n) is 2.95. The molecule has 0 amide bonds. The van der Waals surface area contributed by atoms with Crippen LogP contribution in [0.3, 0.4) is 0 Å². The van der Waals surface area contributed by atoms with Gasteiger partial charge in [-0.1, -0.05) is 6.92 Å². The Bertz CT molecular complexity index is 458. The van der Waals surface area contributed by atoms with Gasteiger partial charge in [0.05, 0.1) is 13.1 Å². The van der Waals surface area contributed by atoms with E-state index in [9.17, 15) is 9.90 Å². The fraction of sp³-hybridized carbons (Fsp3) is 0.588. The Kier molecular flexibility index (Phi) is 5.76. The molecule has 1 aromatic rings. The Morgan fingerprint density at radius 1 is 1.43 bits per heavy atom. The number of likely N-dealkylation sites (tertiary alicyclic amines) is 1. The number of benzene rings is 1. The van der Waals surface area contributed by atoms with Gasteiger partial charge in [-0.2, -0.15) is 0 Å². The number of nitrogens with one attached hydrogen (secondary N) is 1. The summed E-state index contributed by atoms with van der Waals surface area (Å²) >= 11 is 0. The second kappa shape index (κ2) is 7.57. The van der Waals surface area contributed by atoms with Gasteiger partial charge in [-0.3, -0.25) is 4.79 Å². The van der Waals surface area contributed by atoms with Gasteiger partial charge in [-0.25, -0.2) is 0 Å². The zero-order valence-corrected chi connectivity index (χ0v) is 13.0. The maximum atomic E-state index is 11.2. The second-order valence-corrected chi connectivity index (χ2v) is 6.20. The SMILES string of the molecule is CC(=O)c1ccc(OC[C@@H](O)C[NH+]2CCC[C@@H](C)C2)cc1. The maximum absolute atomic E-state index is 11.2. The zero-order chi connectivity index (χ0) is 15.2. The summed E-state index contributed by atoms with van der Waals surface area (Å²) in [4.78, 5) is 12.7. The van der Waals surface area contributed by atoms with Crippen LogP contribution >= 0.6 is 0 Å². The predicted molar refractivity (Wildman–Crippen MR) is 81.9 cm³/mol. The molecule has 116 valence electrons. The number of aliphatic hydroxyl groups is 1. The van der Waals surface area contributed by atoms with Crippen LogP contribution in [0.1, 0.15) is 37.0 Å². The maximum Gasteiger partial charge on any atom is 0.159 e. The third-order valence-electron chi connectivity index (χ3n) is 4.09. The van der Waals surface area contributed by atoms with E-state index in [1.165, 1.54) is 17.7 Å². The molecule has 2 rings (SSSR count). The number of carbonyl (C=O) groups excluding carboxylic acids is 1. The highest BCUT2D eigenvalue weighted by Gasteiger charge is 2.22. The fourth-order valence-corrected chi connectivity index (χ4v) is 2.95. The van der Waals surface area contributed by atoms with Crippen LogP contribution in [0.4, 0.5) is 0 Å². The number of hydrogen-bond donors (Lipinski definition) is 2. The van der Waals surface area contributed by atoms with Gasteiger partial charge in [-0.05, 0) is 44.0 Å². The molecule has 0 spiro atoms. The van der Waals surface area contributed by atoms with Crippen LogP contribution in [0, 0.1) is 5.92 Å². The lowest BCUT2D eigenvalue weighted by atomic mass is 10.0. The molecule has 0 aromatic heterocycles. The number of piperidine rings is 1. The van der Waals surface area contributed by atoms with Gasteiger partial charge in [0.15, 0.2) is 5.78 Å². The van der Waals surface area contributed by atoms with Gasteiger partial charge >= 0.3 is 0 Å². The molecule has 3 atom stereocenters. The van der Waals surface area contributed by atoms with Gasteiger partial charge in [-0.15, -0.1) is 0 Å². The highest BCUT2D eigenvalue weighted by molar-refractivity contribution is 5.94. The molecule has 0 bridgehead atoms. The molecule has 0 saturated carbocycles. The predicted octanol–water partition coefficient (Wildman–Crippen LogP) is 0.944. The summed E-state index contributed by atoms with van der Waals surface area (Å²) in [5.41, 5.74) is 0.676. The summed E-state index contributed by atoms with van der Waals surface area (Å²) < 4.78 is 5.60. The number of ketones is 1. The lowest BCUT2D eigenvalue weighted by molar-refractivity contribution is -0.911. The molecule has 1 saturated heterocycles. The van der Waals surface area contributed by atoms with Gasteiger partial charge in [0.2, 0.25) is 0 Å². The minimum Gasteiger partial charge on any atom is -0.491 e. The van der Waals surface area contributed by atoms with Crippen molar-refractivity contribution in [2.75, 3.05) is 26.2 Å². The molecule has 2 N–H and O–H groups in total. The highest BCUT2D eigenvalue weighted by Crippen LogP contribution is 2.12. The van der Waals surface area contributed by atoms with Crippen molar-refractivity contribution in [2.24, 2.45) is 5.92 Å². The van der Waals surface area contributed by atoms with Crippen molar-refractivity contribution in [1.29, 1.82) is 0 Å². The van der Waals surface area contributed by atoms with E-state index >= 15 is 0 Å². The number of quaternary nitrogens is 1. The minimum absolute atomic E-state index is 0.0457. The molecule has 0 radical (unpaired) electrons. The molecular weight excluding hydrogens is 266 g/mol. The standard InChI is InChI=1S/C17H25NO3/c1-13-4-3-9-18(10-13)11-16(20)12-21-17-7-5-15(6-8-17)14(2)19/h5-8,13,16,20H,3-4,9-12H2,1-2H3/p+1/t13-,16+/m1/s1. The Morgan fingerprint density at radius 3 is 2.76 bits per heavy atom. The lowest BCUT2D eigenvalue weighted by Gasteiger charge is -2.29. The quantitative estimate of drug-likeness (QED) is 0.767. The molecule has 21 heavy (non-hydrogen) atoms. The van der Waals surface area contributed by atoms with Crippen LogP contribution in [0.5, 0.6) is 5.75 Å². The van der Waals surface area contributed by atoms with Gasteiger partial charge in [0.1, 0.15) is 25.0 Å². The van der Waals surface area contributed by atoms with Crippen molar-refractivity contribution >= 4 is 5.78 Å². The lowest BCUT2D eigenvalue weighted by Crippen LogP contribution is -3.14. The Morgan fingerprint density at radius 2 is 2.14 bits per heavy atom. The monoisotopic (exact) mass is 292 g/mol. The molecule has 1 aromatic carbocycles. The second-order valence-electron chi connectivity index (χ2n) is 6.20. The first-order valence-corrected chi connectivity index (χ1v) is 7.80. The van der Waals surface area contributed by atoms with Crippen LogP contribution in [0.15, 0.2) is 24.3 Å². The molecule has 1 heterocycles. The highest BCUT2D eigenvalue weighted by atomic mass is 16.5. The molecule has 1 unspecified atom stereocenters. The van der Waals surface area contributed by atoms with E-state index in [2.05, 4.69) is 6.92 Å². The molecule has 0 aliphatic carbocycles. The van der Waals surface area contributed by atoms with Gasteiger partial charge in [0, 0.05) is 11.5 Å². The molecule has 1 aliphatic rings. The van der Waals surface area contributed by atoms with Crippen molar-refractivity contribution in [2.45, 2.75) is 32.8 Å². The summed E-state index contributed by atoms with van der Waals surface area (Å²) in [5, 5.41) is 10.1. The zero-order valence-electron chi connectivity index (χ0n) is 13.0. The summed E-state index contributed by atoms with van der Waals surface area (Å²) in [6.45, 7) is 7.16. The van der Waals surface area contributed by atoms with Crippen molar-refractivity contribution < 1.29 is 19.5 Å². The number of carbonyl (C=O) groups is 1. The van der Waals surface area contributed by atoms with Gasteiger partial charge in [0.25, 0.3) is 0 Å². The Hall–Kier alpha value is -1.39. The average Bonchev–Trinajstić information content (AvgIpc) is 2.45. The van der Waals surface area contributed by atoms with Crippen LogP contribution in [0.2, 0.25) is 0 Å². The molecular formula is C17H26NO3+. The van der Waals surface area contributed by atoms with Gasteiger partial charge < -0.3 is 14.7 Å². The third-order valence-corrected chi connectivity index (χ3v) is 4.09. The van der Waals surface area contributed by atoms with Crippen molar-refractivity contribution in [3.8, 4) is 5.75 Å². The Balaban J connectivity index is 1.75. The normalized spacial score (nSPS) is 23.6. The van der Waals surface area contributed by atoms with Crippen LogP contribution < -0.4 is 9.64 Å². The van der Waals surface area contributed by atoms with E-state index < -0.39 is 6.10 Å². The van der Waals surface area contributed by atoms with E-state index in [1.54, 1.807) is 31.2 Å². The third kappa shape index (κ3) is 5.14. The van der Waals surface area contributed by atoms with Crippen LogP contribution in [-0.4, -0.2) is 43.2 Å². The number of hydrogen-bond acceptors (Lipinski definition) is 3. The first-order valence-electron chi connectivity index (χ1n) is 7.80. The van der Waals surface area contributed by atoms with Crippen molar-refractivity contribution in [3.05, 3.63) is 29.8 Å². The summed E-state index contributed by atoms with van der Waals surface area (Å²) in [6, 6.07) is 7.06. The van der Waals surface area contributed by atoms with E-state index in [0.29, 0.717) is 17.9 Å². The summed E-state index contributed by atoms with van der Waals surface area (Å²) in [6.07, 6.45) is 2.10. The smallest absolute Gasteiger partial charge is 0.159 e. The van der Waals surface area contributed by atoms with Crippen LogP contribution in [-0.2, 0) is 0 Å². The number of rotatable bonds is 6. The first kappa shape index (κ1) is 16.0. The van der Waals surface area contributed by atoms with Crippen LogP contribution in [0.25, 0.3) is 0 Å². The van der Waals surface area contributed by atoms with E-state index in [1.807, 2.05) is 0 Å². The molecule has 4 heteroatoms. The molecule has 4 nitrogen and oxygen atoms in total. The Labute approximate surface area is 126 Å². The summed E-state index contributed by atoms with van der Waals surface area (Å²) in [5.74, 6) is 1.49. The molecule has 1 aliphatic heterocycles. The van der Waals surface area contributed by atoms with Crippen molar-refractivity contribution in [3.63, 3.8) is 0 Å². The van der Waals surface area contributed by atoms with E-state index in [4.69, 9.17) is 4.74 Å². The largest absolute Gasteiger partial charge is 0.491 e. The van der Waals surface area contributed by atoms with Crippen molar-refractivity contribution in [1.82, 2.24) is 0 Å². The number of Topliss-reactive ketones (excluding diaryl/α,β-unsaturated/α-hetero) is 1. The number of ether oxygens (including phenoxy) is 1. The van der Waals surface area contributed by atoms with E-state index in [0.717, 1.165) is 25.6 Å².